The molecule has 3 rings (SSSR count). The second kappa shape index (κ2) is 4.00. The number of hydrogen-bond acceptors (Lipinski definition) is 3. The van der Waals surface area contributed by atoms with E-state index in [1.54, 1.807) is 0 Å². The lowest BCUT2D eigenvalue weighted by molar-refractivity contribution is 0.464. The Hall–Kier alpha value is -1.62. The minimum absolute atomic E-state index is 0.598. The van der Waals surface area contributed by atoms with Crippen molar-refractivity contribution in [2.24, 2.45) is 11.7 Å². The molecule has 0 bridgehead atoms. The van der Waals surface area contributed by atoms with Gasteiger partial charge in [-0.25, -0.2) is 0 Å². The summed E-state index contributed by atoms with van der Waals surface area (Å²) in [5.74, 6) is 0.598. The molecule has 1 aliphatic carbocycles. The van der Waals surface area contributed by atoms with Crippen molar-refractivity contribution in [1.82, 2.24) is 20.4 Å². The zero-order valence-corrected chi connectivity index (χ0v) is 9.95. The summed E-state index contributed by atoms with van der Waals surface area (Å²) < 4.78 is 0. The Morgan fingerprint density at radius 2 is 2.35 bits per heavy atom. The molecule has 0 spiro atoms. The molecule has 0 amide bonds. The third-order valence-corrected chi connectivity index (χ3v) is 3.67. The lowest BCUT2D eigenvalue weighted by atomic mass is 9.86. The Morgan fingerprint density at radius 1 is 1.47 bits per heavy atom. The van der Waals surface area contributed by atoms with Crippen molar-refractivity contribution in [2.45, 2.75) is 26.2 Å². The van der Waals surface area contributed by atoms with E-state index in [2.05, 4.69) is 20.4 Å². The number of nitrogens with zero attached hydrogens (tertiary/aromatic N) is 2. The Balaban J connectivity index is 2.00. The quantitative estimate of drug-likeness (QED) is 0.725. The van der Waals surface area contributed by atoms with Gasteiger partial charge in [0, 0.05) is 22.5 Å². The van der Waals surface area contributed by atoms with Gasteiger partial charge in [0.2, 0.25) is 0 Å². The number of nitrogens with one attached hydrogen (secondary N) is 2. The molecule has 1 unspecified atom stereocenters. The van der Waals surface area contributed by atoms with Crippen molar-refractivity contribution < 1.29 is 0 Å². The van der Waals surface area contributed by atoms with Crippen LogP contribution in [0.5, 0.6) is 0 Å². The summed E-state index contributed by atoms with van der Waals surface area (Å²) in [4.78, 5) is 0. The zero-order valence-electron chi connectivity index (χ0n) is 9.95. The van der Waals surface area contributed by atoms with Crippen LogP contribution in [-0.4, -0.2) is 26.9 Å². The molecule has 1 aliphatic rings. The minimum Gasteiger partial charge on any atom is -0.330 e. The monoisotopic (exact) mass is 231 g/mol. The highest BCUT2D eigenvalue weighted by atomic mass is 15.1. The molecule has 17 heavy (non-hydrogen) atoms. The first-order valence-electron chi connectivity index (χ1n) is 6.06. The first kappa shape index (κ1) is 10.5. The van der Waals surface area contributed by atoms with Gasteiger partial charge in [0.25, 0.3) is 0 Å². The smallest absolute Gasteiger partial charge is 0.0989 e. The van der Waals surface area contributed by atoms with E-state index in [0.717, 1.165) is 42.8 Å². The fraction of sp³-hybridized carbons (Fsp3) is 0.500. The predicted molar refractivity (Wildman–Crippen MR) is 65.5 cm³/mol. The van der Waals surface area contributed by atoms with Crippen LogP contribution in [0.15, 0.2) is 6.20 Å². The summed E-state index contributed by atoms with van der Waals surface area (Å²) in [5, 5.41) is 14.6. The highest BCUT2D eigenvalue weighted by Gasteiger charge is 2.24. The maximum atomic E-state index is 5.74. The number of aryl methyl sites for hydroxylation is 1. The number of rotatable bonds is 2. The van der Waals surface area contributed by atoms with Crippen LogP contribution in [0.3, 0.4) is 0 Å². The van der Waals surface area contributed by atoms with Gasteiger partial charge in [-0.3, -0.25) is 10.2 Å². The van der Waals surface area contributed by atoms with E-state index in [-0.39, 0.29) is 0 Å². The summed E-state index contributed by atoms with van der Waals surface area (Å²) in [6, 6.07) is 0. The number of aromatic nitrogens is 4. The van der Waals surface area contributed by atoms with Crippen LogP contribution < -0.4 is 5.73 Å². The van der Waals surface area contributed by atoms with E-state index in [0.29, 0.717) is 5.92 Å². The van der Waals surface area contributed by atoms with Gasteiger partial charge in [0.15, 0.2) is 0 Å². The second-order valence-electron chi connectivity index (χ2n) is 4.78. The average molecular weight is 231 g/mol. The molecular formula is C12H17N5. The largest absolute Gasteiger partial charge is 0.330 e. The molecule has 5 nitrogen and oxygen atoms in total. The molecule has 0 aromatic carbocycles. The van der Waals surface area contributed by atoms with Gasteiger partial charge in [0.05, 0.1) is 11.9 Å². The van der Waals surface area contributed by atoms with E-state index in [1.807, 2.05) is 13.1 Å². The Labute approximate surface area is 99.8 Å². The average Bonchev–Trinajstić information content (AvgIpc) is 2.94. The highest BCUT2D eigenvalue weighted by molar-refractivity contribution is 5.65. The van der Waals surface area contributed by atoms with E-state index < -0.39 is 0 Å². The number of nitrogens with two attached hydrogens (primary N) is 1. The molecule has 2 aromatic rings. The standard InChI is InChI=1S/C12H17N5/c1-7-10(6-14-15-7)12-9-3-2-8(5-13)4-11(9)16-17-12/h6,8H,2-5,13H2,1H3,(H,14,15)(H,16,17). The van der Waals surface area contributed by atoms with Gasteiger partial charge in [-0.1, -0.05) is 0 Å². The van der Waals surface area contributed by atoms with Crippen molar-refractivity contribution in [3.63, 3.8) is 0 Å². The van der Waals surface area contributed by atoms with Crippen LogP contribution in [-0.2, 0) is 12.8 Å². The maximum Gasteiger partial charge on any atom is 0.0989 e. The summed E-state index contributed by atoms with van der Waals surface area (Å²) in [6.07, 6.45) is 5.09. The molecule has 5 heteroatoms. The van der Waals surface area contributed by atoms with Gasteiger partial charge in [-0.15, -0.1) is 0 Å². The van der Waals surface area contributed by atoms with Gasteiger partial charge in [-0.05, 0) is 38.6 Å². The molecule has 0 saturated heterocycles. The van der Waals surface area contributed by atoms with Gasteiger partial charge >= 0.3 is 0 Å². The summed E-state index contributed by atoms with van der Waals surface area (Å²) in [7, 11) is 0. The van der Waals surface area contributed by atoms with E-state index in [1.165, 1.54) is 11.3 Å². The van der Waals surface area contributed by atoms with Crippen molar-refractivity contribution in [1.29, 1.82) is 0 Å². The third kappa shape index (κ3) is 1.67. The van der Waals surface area contributed by atoms with Crippen LogP contribution in [0.1, 0.15) is 23.4 Å². The molecule has 0 radical (unpaired) electrons. The van der Waals surface area contributed by atoms with Crippen LogP contribution in [0.25, 0.3) is 11.3 Å². The second-order valence-corrected chi connectivity index (χ2v) is 4.78. The Morgan fingerprint density at radius 3 is 3.06 bits per heavy atom. The highest BCUT2D eigenvalue weighted by Crippen LogP contribution is 2.32. The van der Waals surface area contributed by atoms with Crippen molar-refractivity contribution >= 4 is 0 Å². The normalized spacial score (nSPS) is 19.3. The summed E-state index contributed by atoms with van der Waals surface area (Å²) >= 11 is 0. The molecule has 0 aliphatic heterocycles. The predicted octanol–water partition coefficient (Wildman–Crippen LogP) is 1.17. The fourth-order valence-electron chi connectivity index (χ4n) is 2.59. The lowest BCUT2D eigenvalue weighted by Crippen LogP contribution is -2.22. The van der Waals surface area contributed by atoms with Crippen molar-refractivity contribution in [3.05, 3.63) is 23.1 Å². The van der Waals surface area contributed by atoms with Crippen molar-refractivity contribution in [2.75, 3.05) is 6.54 Å². The van der Waals surface area contributed by atoms with Gasteiger partial charge in [-0.2, -0.15) is 10.2 Å². The molecule has 2 heterocycles. The number of aromatic amines is 2. The topological polar surface area (TPSA) is 83.4 Å². The number of fused-ring (bicyclic) bond motifs is 1. The third-order valence-electron chi connectivity index (χ3n) is 3.67. The summed E-state index contributed by atoms with van der Waals surface area (Å²) in [5.41, 5.74) is 11.6. The molecule has 4 N–H and O–H groups in total. The van der Waals surface area contributed by atoms with E-state index in [4.69, 9.17) is 5.73 Å². The zero-order chi connectivity index (χ0) is 11.8. The first-order chi connectivity index (χ1) is 8.29. The molecule has 0 fully saturated rings. The molecule has 0 saturated carbocycles. The fourth-order valence-corrected chi connectivity index (χ4v) is 2.59. The SMILES string of the molecule is Cc1[nH]ncc1-c1n[nH]c2c1CCC(CN)C2. The molecular weight excluding hydrogens is 214 g/mol. The molecule has 90 valence electrons. The van der Waals surface area contributed by atoms with Crippen LogP contribution in [0.2, 0.25) is 0 Å². The van der Waals surface area contributed by atoms with Gasteiger partial charge < -0.3 is 5.73 Å². The lowest BCUT2D eigenvalue weighted by Gasteiger charge is -2.20. The van der Waals surface area contributed by atoms with E-state index in [9.17, 15) is 0 Å². The van der Waals surface area contributed by atoms with Crippen LogP contribution in [0.4, 0.5) is 0 Å². The first-order valence-corrected chi connectivity index (χ1v) is 6.06. The maximum absolute atomic E-state index is 5.74. The number of hydrogen-bond donors (Lipinski definition) is 3. The minimum atomic E-state index is 0.598. The van der Waals surface area contributed by atoms with Crippen molar-refractivity contribution in [3.8, 4) is 11.3 Å². The van der Waals surface area contributed by atoms with Crippen LogP contribution in [0, 0.1) is 12.8 Å². The van der Waals surface area contributed by atoms with Crippen LogP contribution >= 0.6 is 0 Å². The Bertz CT molecular complexity index is 525. The molecule has 2 aromatic heterocycles. The summed E-state index contributed by atoms with van der Waals surface area (Å²) in [6.45, 7) is 2.79. The Kier molecular flexibility index (Phi) is 2.48. The number of H-pyrrole nitrogens is 2. The van der Waals surface area contributed by atoms with E-state index >= 15 is 0 Å². The van der Waals surface area contributed by atoms with Gasteiger partial charge in [0.1, 0.15) is 0 Å². The molecule has 1 atom stereocenters.